The van der Waals surface area contributed by atoms with E-state index in [2.05, 4.69) is 10.6 Å². The molecule has 1 heterocycles. The number of carbonyl (C=O) groups is 3. The van der Waals surface area contributed by atoms with Crippen LogP contribution in [0.1, 0.15) is 47.4 Å². The van der Waals surface area contributed by atoms with Crippen molar-refractivity contribution in [3.63, 3.8) is 0 Å². The summed E-state index contributed by atoms with van der Waals surface area (Å²) in [6.45, 7) is 4.93. The van der Waals surface area contributed by atoms with E-state index in [1.165, 1.54) is 12.1 Å². The van der Waals surface area contributed by atoms with Gasteiger partial charge in [-0.25, -0.2) is 9.59 Å². The van der Waals surface area contributed by atoms with Crippen LogP contribution in [0.25, 0.3) is 0 Å². The topological polar surface area (TPSA) is 98.7 Å². The van der Waals surface area contributed by atoms with Gasteiger partial charge in [0.05, 0.1) is 11.1 Å². The van der Waals surface area contributed by atoms with E-state index in [0.717, 1.165) is 0 Å². The Morgan fingerprint density at radius 1 is 1.12 bits per heavy atom. The minimum absolute atomic E-state index is 0.0104. The molecule has 0 aliphatic carbocycles. The van der Waals surface area contributed by atoms with Crippen LogP contribution in [0.5, 0.6) is 0 Å². The van der Waals surface area contributed by atoms with Gasteiger partial charge in [-0.1, -0.05) is 12.1 Å². The molecule has 0 atom stereocenters. The molecule has 24 heavy (non-hydrogen) atoms. The van der Waals surface area contributed by atoms with Crippen LogP contribution in [0.15, 0.2) is 24.3 Å². The number of carbonyl (C=O) groups excluding carboxylic acids is 2. The monoisotopic (exact) mass is 333 g/mol. The minimum Gasteiger partial charge on any atom is -0.478 e. The first kappa shape index (κ1) is 17.8. The predicted octanol–water partition coefficient (Wildman–Crippen LogP) is 1.70. The van der Waals surface area contributed by atoms with Gasteiger partial charge in [-0.15, -0.1) is 0 Å². The van der Waals surface area contributed by atoms with Crippen LogP contribution >= 0.6 is 0 Å². The lowest BCUT2D eigenvalue weighted by atomic mass is 10.0. The maximum atomic E-state index is 12.3. The summed E-state index contributed by atoms with van der Waals surface area (Å²) in [7, 11) is 0. The van der Waals surface area contributed by atoms with Gasteiger partial charge in [-0.3, -0.25) is 4.79 Å². The smallest absolute Gasteiger partial charge is 0.336 e. The number of rotatable bonds is 4. The number of carboxylic acid groups (broad SMARTS) is 1. The summed E-state index contributed by atoms with van der Waals surface area (Å²) >= 11 is 0. The van der Waals surface area contributed by atoms with Crippen molar-refractivity contribution in [3.8, 4) is 0 Å². The van der Waals surface area contributed by atoms with E-state index >= 15 is 0 Å². The van der Waals surface area contributed by atoms with Crippen LogP contribution in [0.2, 0.25) is 0 Å². The molecule has 0 saturated carbocycles. The van der Waals surface area contributed by atoms with Gasteiger partial charge in [-0.2, -0.15) is 0 Å². The average molecular weight is 333 g/mol. The Morgan fingerprint density at radius 2 is 1.71 bits per heavy atom. The maximum Gasteiger partial charge on any atom is 0.336 e. The highest BCUT2D eigenvalue weighted by Crippen LogP contribution is 2.13. The molecule has 7 nitrogen and oxygen atoms in total. The third-order valence-electron chi connectivity index (χ3n) is 3.93. The fraction of sp³-hybridized carbons (Fsp3) is 0.471. The summed E-state index contributed by atoms with van der Waals surface area (Å²) in [4.78, 5) is 37.2. The highest BCUT2D eigenvalue weighted by molar-refractivity contribution is 6.04. The lowest BCUT2D eigenvalue weighted by Crippen LogP contribution is -2.50. The number of carboxylic acids is 1. The summed E-state index contributed by atoms with van der Waals surface area (Å²) < 4.78 is 0. The van der Waals surface area contributed by atoms with E-state index in [0.29, 0.717) is 25.9 Å². The largest absolute Gasteiger partial charge is 0.478 e. The number of nitrogens with zero attached hydrogens (tertiary/aromatic N) is 1. The summed E-state index contributed by atoms with van der Waals surface area (Å²) in [5, 5.41) is 14.9. The van der Waals surface area contributed by atoms with Gasteiger partial charge in [0.2, 0.25) is 0 Å². The Morgan fingerprint density at radius 3 is 2.25 bits per heavy atom. The third-order valence-corrected chi connectivity index (χ3v) is 3.93. The highest BCUT2D eigenvalue weighted by Gasteiger charge is 2.25. The number of nitrogens with one attached hydrogen (secondary N) is 2. The molecule has 0 spiro atoms. The lowest BCUT2D eigenvalue weighted by Gasteiger charge is -2.33. The molecule has 1 aromatic carbocycles. The fourth-order valence-corrected chi connectivity index (χ4v) is 2.70. The van der Waals surface area contributed by atoms with Gasteiger partial charge >= 0.3 is 12.0 Å². The van der Waals surface area contributed by atoms with Crippen molar-refractivity contribution in [1.82, 2.24) is 15.5 Å². The van der Waals surface area contributed by atoms with Crippen molar-refractivity contribution in [3.05, 3.63) is 35.4 Å². The summed E-state index contributed by atoms with van der Waals surface area (Å²) in [6.07, 6.45) is 1.29. The number of hydrogen-bond donors (Lipinski definition) is 3. The molecule has 3 amide bonds. The second-order valence-electron chi connectivity index (χ2n) is 6.19. The Bertz CT molecular complexity index is 622. The van der Waals surface area contributed by atoms with Crippen LogP contribution in [0.4, 0.5) is 4.79 Å². The third kappa shape index (κ3) is 4.47. The molecule has 1 aromatic rings. The van der Waals surface area contributed by atoms with Crippen molar-refractivity contribution in [1.29, 1.82) is 0 Å². The molecule has 1 fully saturated rings. The lowest BCUT2D eigenvalue weighted by molar-refractivity contribution is 0.0689. The van der Waals surface area contributed by atoms with Gasteiger partial charge in [0.25, 0.3) is 5.91 Å². The standard InChI is InChI=1S/C17H23N3O4/c1-11(2)18-17(24)20-9-7-12(8-10-20)19-15(21)13-5-3-4-6-14(13)16(22)23/h3-6,11-12H,7-10H2,1-2H3,(H,18,24)(H,19,21)(H,22,23). The van der Waals surface area contributed by atoms with E-state index in [-0.39, 0.29) is 29.2 Å². The van der Waals surface area contributed by atoms with E-state index in [9.17, 15) is 14.4 Å². The van der Waals surface area contributed by atoms with Gasteiger partial charge in [0.1, 0.15) is 0 Å². The first-order valence-electron chi connectivity index (χ1n) is 8.07. The van der Waals surface area contributed by atoms with Crippen LogP contribution in [-0.4, -0.2) is 53.1 Å². The molecule has 0 radical (unpaired) electrons. The Hall–Kier alpha value is -2.57. The number of hydrogen-bond acceptors (Lipinski definition) is 3. The van der Waals surface area contributed by atoms with Crippen LogP contribution in [0, 0.1) is 0 Å². The Balaban J connectivity index is 1.91. The molecule has 2 rings (SSSR count). The molecule has 1 aliphatic heterocycles. The molecule has 0 aromatic heterocycles. The zero-order valence-corrected chi connectivity index (χ0v) is 13.9. The van der Waals surface area contributed by atoms with Crippen molar-refractivity contribution in [2.45, 2.75) is 38.8 Å². The zero-order chi connectivity index (χ0) is 17.7. The quantitative estimate of drug-likeness (QED) is 0.781. The molecule has 0 bridgehead atoms. The Kier molecular flexibility index (Phi) is 5.78. The SMILES string of the molecule is CC(C)NC(=O)N1CCC(NC(=O)c2ccccc2C(=O)O)CC1. The second-order valence-corrected chi connectivity index (χ2v) is 6.19. The number of aromatic carboxylic acids is 1. The summed E-state index contributed by atoms with van der Waals surface area (Å²) in [5.41, 5.74) is 0.147. The predicted molar refractivity (Wildman–Crippen MR) is 89.1 cm³/mol. The van der Waals surface area contributed by atoms with Gasteiger partial charge in [0.15, 0.2) is 0 Å². The average Bonchev–Trinajstić information content (AvgIpc) is 2.54. The van der Waals surface area contributed by atoms with Crippen molar-refractivity contribution >= 4 is 17.9 Å². The van der Waals surface area contributed by atoms with Crippen molar-refractivity contribution < 1.29 is 19.5 Å². The zero-order valence-electron chi connectivity index (χ0n) is 13.9. The second kappa shape index (κ2) is 7.81. The molecule has 0 unspecified atom stereocenters. The number of likely N-dealkylation sites (tertiary alicyclic amines) is 1. The minimum atomic E-state index is -1.12. The van der Waals surface area contributed by atoms with Gasteiger partial charge in [0, 0.05) is 25.2 Å². The number of benzene rings is 1. The van der Waals surface area contributed by atoms with E-state index in [1.54, 1.807) is 17.0 Å². The molecular formula is C17H23N3O4. The van der Waals surface area contributed by atoms with Gasteiger partial charge < -0.3 is 20.6 Å². The van der Waals surface area contributed by atoms with Crippen molar-refractivity contribution in [2.24, 2.45) is 0 Å². The normalized spacial score (nSPS) is 15.2. The summed E-state index contributed by atoms with van der Waals surface area (Å²) in [5.74, 6) is -1.51. The molecule has 7 heteroatoms. The van der Waals surface area contributed by atoms with Crippen LogP contribution in [-0.2, 0) is 0 Å². The van der Waals surface area contributed by atoms with E-state index in [4.69, 9.17) is 5.11 Å². The van der Waals surface area contributed by atoms with Crippen LogP contribution in [0.3, 0.4) is 0 Å². The first-order valence-corrected chi connectivity index (χ1v) is 8.07. The van der Waals surface area contributed by atoms with Gasteiger partial charge in [-0.05, 0) is 38.8 Å². The molecule has 3 N–H and O–H groups in total. The maximum absolute atomic E-state index is 12.3. The number of amides is 3. The molecule has 1 saturated heterocycles. The molecule has 130 valence electrons. The fourth-order valence-electron chi connectivity index (χ4n) is 2.70. The summed E-state index contributed by atoms with van der Waals surface area (Å²) in [6, 6.07) is 6.07. The highest BCUT2D eigenvalue weighted by atomic mass is 16.4. The van der Waals surface area contributed by atoms with Crippen LogP contribution < -0.4 is 10.6 Å². The number of urea groups is 1. The first-order chi connectivity index (χ1) is 11.4. The van der Waals surface area contributed by atoms with E-state index < -0.39 is 11.9 Å². The number of piperidine rings is 1. The molecule has 1 aliphatic rings. The Labute approximate surface area is 141 Å². The van der Waals surface area contributed by atoms with Crippen molar-refractivity contribution in [2.75, 3.05) is 13.1 Å². The molecular weight excluding hydrogens is 310 g/mol. The van der Waals surface area contributed by atoms with E-state index in [1.807, 2.05) is 13.8 Å².